The molecule has 2 aliphatic rings. The van der Waals surface area contributed by atoms with Gasteiger partial charge < -0.3 is 9.80 Å². The minimum absolute atomic E-state index is 0. The van der Waals surface area contributed by atoms with Gasteiger partial charge in [0, 0.05) is 41.0 Å². The average molecular weight is 328 g/mol. The molecule has 0 spiro atoms. The molecule has 118 valence electrons. The second-order valence-corrected chi connectivity index (χ2v) is 5.72. The Balaban J connectivity index is 0.000000364. The van der Waals surface area contributed by atoms with Crippen LogP contribution in [0, 0.1) is 63.2 Å². The van der Waals surface area contributed by atoms with Crippen molar-refractivity contribution in [3.05, 3.63) is 63.2 Å². The predicted molar refractivity (Wildman–Crippen MR) is 87.2 cm³/mol. The first-order valence-corrected chi connectivity index (χ1v) is 7.19. The quantitative estimate of drug-likeness (QED) is 0.732. The summed E-state index contributed by atoms with van der Waals surface area (Å²) in [5.41, 5.74) is 0. The van der Waals surface area contributed by atoms with Crippen LogP contribution < -0.4 is 0 Å². The van der Waals surface area contributed by atoms with Gasteiger partial charge in [-0.05, 0) is 93.4 Å². The van der Waals surface area contributed by atoms with Crippen LogP contribution in [0.2, 0.25) is 0 Å². The average Bonchev–Trinajstić information content (AvgIpc) is 3.10. The van der Waals surface area contributed by atoms with Crippen LogP contribution in [0.1, 0.15) is 13.8 Å². The summed E-state index contributed by atoms with van der Waals surface area (Å²) in [6.07, 6.45) is 16.9. The molecular weight excluding hydrogens is 300 g/mol. The fourth-order valence-corrected chi connectivity index (χ4v) is 1.93. The van der Waals surface area contributed by atoms with E-state index < -0.39 is 0 Å². The van der Waals surface area contributed by atoms with Gasteiger partial charge in [-0.1, -0.05) is 0 Å². The molecule has 0 aromatic rings. The Hall–Kier alpha value is 0.439. The van der Waals surface area contributed by atoms with Crippen molar-refractivity contribution in [3.63, 3.8) is 0 Å². The third-order valence-corrected chi connectivity index (χ3v) is 3.89. The summed E-state index contributed by atoms with van der Waals surface area (Å²) in [7, 11) is 8.38. The van der Waals surface area contributed by atoms with E-state index in [1.165, 1.54) is 11.8 Å². The monoisotopic (exact) mass is 328 g/mol. The maximum absolute atomic E-state index is 2.20. The molecule has 2 rings (SSSR count). The van der Waals surface area contributed by atoms with Crippen LogP contribution in [0.4, 0.5) is 0 Å². The number of hydrogen-bond acceptors (Lipinski definition) is 2. The smallest absolute Gasteiger partial charge is 0.0129 e. The van der Waals surface area contributed by atoms with Crippen molar-refractivity contribution in [1.29, 1.82) is 0 Å². The van der Waals surface area contributed by atoms with Crippen LogP contribution in [0.15, 0.2) is 0 Å². The summed E-state index contributed by atoms with van der Waals surface area (Å²) in [5.74, 6) is 2.79. The molecule has 2 unspecified atom stereocenters. The Labute approximate surface area is 144 Å². The molecule has 3 heteroatoms. The van der Waals surface area contributed by atoms with E-state index in [1.54, 1.807) is 0 Å². The number of nitrogens with zero attached hydrogens (tertiary/aromatic N) is 2. The van der Waals surface area contributed by atoms with Gasteiger partial charge in [-0.2, -0.15) is 0 Å². The third-order valence-electron chi connectivity index (χ3n) is 3.89. The molecule has 0 aromatic carbocycles. The molecule has 2 nitrogen and oxygen atoms in total. The SMILES string of the molecule is CC([C]1[CH][CH][CH][CH]1)N(C)C.CC([C]1[CH][CH][CH][CH]1)N(C)C.[Fe]. The van der Waals surface area contributed by atoms with Gasteiger partial charge in [0.05, 0.1) is 0 Å². The Morgan fingerprint density at radius 3 is 1.05 bits per heavy atom. The Morgan fingerprint density at radius 1 is 0.619 bits per heavy atom. The standard InChI is InChI=1S/2C9H14N.Fe/c2*1-8(10(2)3)9-6-4-5-7-9;/h2*4-8H,1-3H3;. The summed E-state index contributed by atoms with van der Waals surface area (Å²) in [6, 6.07) is 1.07. The van der Waals surface area contributed by atoms with E-state index in [0.29, 0.717) is 12.1 Å². The van der Waals surface area contributed by atoms with Gasteiger partial charge in [-0.15, -0.1) is 0 Å². The fourth-order valence-electron chi connectivity index (χ4n) is 1.93. The van der Waals surface area contributed by atoms with Crippen molar-refractivity contribution < 1.29 is 17.1 Å². The first kappa shape index (κ1) is 21.4. The number of hydrogen-bond donors (Lipinski definition) is 0. The summed E-state index contributed by atoms with van der Waals surface area (Å²) < 4.78 is 0. The van der Waals surface area contributed by atoms with Crippen LogP contribution in [0.3, 0.4) is 0 Å². The zero-order valence-electron chi connectivity index (χ0n) is 14.0. The van der Waals surface area contributed by atoms with Gasteiger partial charge in [0.25, 0.3) is 0 Å². The Kier molecular flexibility index (Phi) is 11.3. The van der Waals surface area contributed by atoms with Crippen LogP contribution in [0.5, 0.6) is 0 Å². The van der Waals surface area contributed by atoms with E-state index in [1.807, 2.05) is 0 Å². The van der Waals surface area contributed by atoms with Crippen molar-refractivity contribution in [2.45, 2.75) is 25.9 Å². The van der Waals surface area contributed by atoms with Crippen molar-refractivity contribution in [1.82, 2.24) is 9.80 Å². The van der Waals surface area contributed by atoms with Crippen LogP contribution in [-0.4, -0.2) is 50.1 Å². The Morgan fingerprint density at radius 2 is 0.857 bits per heavy atom. The summed E-state index contributed by atoms with van der Waals surface area (Å²) in [5, 5.41) is 0. The van der Waals surface area contributed by atoms with Crippen LogP contribution in [-0.2, 0) is 17.1 Å². The molecule has 10 radical (unpaired) electrons. The van der Waals surface area contributed by atoms with Crippen LogP contribution >= 0.6 is 0 Å². The maximum atomic E-state index is 2.20. The topological polar surface area (TPSA) is 6.48 Å². The summed E-state index contributed by atoms with van der Waals surface area (Å²) >= 11 is 0. The predicted octanol–water partition coefficient (Wildman–Crippen LogP) is 2.68. The van der Waals surface area contributed by atoms with Crippen molar-refractivity contribution in [2.75, 3.05) is 28.2 Å². The molecule has 21 heavy (non-hydrogen) atoms. The zero-order valence-corrected chi connectivity index (χ0v) is 15.1. The molecular formula is C18H28FeN2. The second kappa shape index (κ2) is 11.0. The molecule has 0 amide bonds. The second-order valence-electron chi connectivity index (χ2n) is 5.72. The van der Waals surface area contributed by atoms with Gasteiger partial charge in [0.2, 0.25) is 0 Å². The van der Waals surface area contributed by atoms with Gasteiger partial charge in [-0.25, -0.2) is 0 Å². The van der Waals surface area contributed by atoms with Crippen molar-refractivity contribution in [2.24, 2.45) is 0 Å². The molecule has 0 aliphatic heterocycles. The van der Waals surface area contributed by atoms with E-state index >= 15 is 0 Å². The maximum Gasteiger partial charge on any atom is 0.0129 e. The van der Waals surface area contributed by atoms with Gasteiger partial charge >= 0.3 is 0 Å². The fraction of sp³-hybridized carbons (Fsp3) is 0.444. The van der Waals surface area contributed by atoms with E-state index in [2.05, 4.69) is 103 Å². The molecule has 0 N–H and O–H groups in total. The van der Waals surface area contributed by atoms with E-state index in [9.17, 15) is 0 Å². The van der Waals surface area contributed by atoms with Crippen LogP contribution in [0.25, 0.3) is 0 Å². The molecule has 0 saturated heterocycles. The summed E-state index contributed by atoms with van der Waals surface area (Å²) in [4.78, 5) is 4.41. The summed E-state index contributed by atoms with van der Waals surface area (Å²) in [6.45, 7) is 4.41. The Bertz CT molecular complexity index is 218. The van der Waals surface area contributed by atoms with Gasteiger partial charge in [0.15, 0.2) is 0 Å². The van der Waals surface area contributed by atoms with E-state index in [-0.39, 0.29) is 17.1 Å². The largest absolute Gasteiger partial charge is 0.306 e. The first-order valence-electron chi connectivity index (χ1n) is 7.19. The molecule has 0 heterocycles. The molecule has 2 atom stereocenters. The molecule has 0 aromatic heterocycles. The molecule has 0 bridgehead atoms. The minimum Gasteiger partial charge on any atom is -0.306 e. The third kappa shape index (κ3) is 7.50. The normalized spacial score (nSPS) is 22.9. The van der Waals surface area contributed by atoms with E-state index in [4.69, 9.17) is 0 Å². The zero-order chi connectivity index (χ0) is 15.1. The minimum atomic E-state index is 0. The number of rotatable bonds is 4. The first-order chi connectivity index (χ1) is 9.43. The van der Waals surface area contributed by atoms with Gasteiger partial charge in [-0.3, -0.25) is 0 Å². The van der Waals surface area contributed by atoms with Gasteiger partial charge in [0.1, 0.15) is 0 Å². The molecule has 2 saturated carbocycles. The van der Waals surface area contributed by atoms with Crippen molar-refractivity contribution >= 4 is 0 Å². The molecule has 2 fully saturated rings. The molecule has 2 aliphatic carbocycles. The van der Waals surface area contributed by atoms with Crippen molar-refractivity contribution in [3.8, 4) is 0 Å². The van der Waals surface area contributed by atoms with E-state index in [0.717, 1.165) is 0 Å².